The van der Waals surface area contributed by atoms with E-state index in [0.29, 0.717) is 27.4 Å². The highest BCUT2D eigenvalue weighted by atomic mass is 35.5. The molecule has 3 nitrogen and oxygen atoms in total. The Morgan fingerprint density at radius 2 is 1.75 bits per heavy atom. The van der Waals surface area contributed by atoms with Gasteiger partial charge >= 0.3 is 0 Å². The van der Waals surface area contributed by atoms with Gasteiger partial charge in [0.15, 0.2) is 0 Å². The summed E-state index contributed by atoms with van der Waals surface area (Å²) >= 11 is 18.1. The van der Waals surface area contributed by atoms with Crippen molar-refractivity contribution in [2.24, 2.45) is 0 Å². The van der Waals surface area contributed by atoms with E-state index in [1.807, 2.05) is 36.4 Å². The second kappa shape index (κ2) is 7.39. The second-order valence-corrected chi connectivity index (χ2v) is 6.32. The predicted octanol–water partition coefficient (Wildman–Crippen LogP) is 6.53. The molecule has 0 aliphatic carbocycles. The quantitative estimate of drug-likeness (QED) is 0.545. The Morgan fingerprint density at radius 1 is 0.917 bits per heavy atom. The summed E-state index contributed by atoms with van der Waals surface area (Å²) in [6.45, 7) is 0.530. The molecule has 0 radical (unpaired) electrons. The van der Waals surface area contributed by atoms with Crippen LogP contribution in [0.3, 0.4) is 0 Å². The Hall–Kier alpha value is -1.81. The summed E-state index contributed by atoms with van der Waals surface area (Å²) in [5.74, 6) is 2.17. The van der Waals surface area contributed by atoms with Gasteiger partial charge in [-0.25, -0.2) is 0 Å². The molecule has 3 rings (SSSR count). The lowest BCUT2D eigenvalue weighted by Crippen LogP contribution is -1.97. The summed E-state index contributed by atoms with van der Waals surface area (Å²) in [5, 5.41) is 4.82. The Morgan fingerprint density at radius 3 is 2.46 bits per heavy atom. The van der Waals surface area contributed by atoms with Gasteiger partial charge in [0.2, 0.25) is 0 Å². The molecule has 0 unspecified atom stereocenters. The summed E-state index contributed by atoms with van der Waals surface area (Å²) in [7, 11) is 1.58. The van der Waals surface area contributed by atoms with Crippen LogP contribution in [0.4, 0.5) is 5.69 Å². The fraction of sp³-hybridized carbons (Fsp3) is 0.111. The number of rotatable bonds is 5. The average molecular weight is 383 g/mol. The van der Waals surface area contributed by atoms with Crippen LogP contribution < -0.4 is 10.1 Å². The van der Waals surface area contributed by atoms with E-state index in [1.165, 1.54) is 0 Å². The Bertz CT molecular complexity index is 861. The molecular weight excluding hydrogens is 369 g/mol. The van der Waals surface area contributed by atoms with Crippen LogP contribution in [-0.4, -0.2) is 7.11 Å². The molecule has 0 atom stereocenters. The molecule has 0 fully saturated rings. The van der Waals surface area contributed by atoms with Gasteiger partial charge in [-0.05, 0) is 48.5 Å². The first-order chi connectivity index (χ1) is 11.6. The lowest BCUT2D eigenvalue weighted by Gasteiger charge is -2.06. The molecular formula is C18H14Cl3NO2. The van der Waals surface area contributed by atoms with Crippen molar-refractivity contribution < 1.29 is 9.15 Å². The maximum atomic E-state index is 6.15. The van der Waals surface area contributed by atoms with E-state index in [4.69, 9.17) is 44.0 Å². The van der Waals surface area contributed by atoms with E-state index < -0.39 is 0 Å². The second-order valence-electron chi connectivity index (χ2n) is 5.10. The first kappa shape index (κ1) is 17.0. The van der Waals surface area contributed by atoms with Crippen LogP contribution >= 0.6 is 34.8 Å². The minimum Gasteiger partial charge on any atom is -0.495 e. The predicted molar refractivity (Wildman–Crippen MR) is 99.5 cm³/mol. The maximum absolute atomic E-state index is 6.15. The number of hydrogen-bond acceptors (Lipinski definition) is 3. The largest absolute Gasteiger partial charge is 0.495 e. The zero-order valence-electron chi connectivity index (χ0n) is 12.8. The molecule has 0 aliphatic rings. The van der Waals surface area contributed by atoms with E-state index in [2.05, 4.69) is 5.32 Å². The van der Waals surface area contributed by atoms with Gasteiger partial charge in [0.25, 0.3) is 0 Å². The fourth-order valence-corrected chi connectivity index (χ4v) is 2.80. The van der Waals surface area contributed by atoms with E-state index in [9.17, 15) is 0 Å². The van der Waals surface area contributed by atoms with Crippen LogP contribution in [0, 0.1) is 0 Å². The molecule has 0 saturated carbocycles. The summed E-state index contributed by atoms with van der Waals surface area (Å²) in [6.07, 6.45) is 0. The number of ether oxygens (including phenoxy) is 1. The van der Waals surface area contributed by atoms with Gasteiger partial charge in [-0.1, -0.05) is 34.8 Å². The topological polar surface area (TPSA) is 34.4 Å². The van der Waals surface area contributed by atoms with Crippen molar-refractivity contribution in [2.75, 3.05) is 12.4 Å². The van der Waals surface area contributed by atoms with Gasteiger partial charge in [-0.3, -0.25) is 0 Å². The van der Waals surface area contributed by atoms with E-state index in [0.717, 1.165) is 22.8 Å². The lowest BCUT2D eigenvalue weighted by molar-refractivity contribution is 0.415. The monoisotopic (exact) mass is 381 g/mol. The van der Waals surface area contributed by atoms with E-state index in [1.54, 1.807) is 19.2 Å². The highest BCUT2D eigenvalue weighted by molar-refractivity contribution is 6.42. The number of hydrogen-bond donors (Lipinski definition) is 1. The number of halogens is 3. The lowest BCUT2D eigenvalue weighted by atomic mass is 10.2. The van der Waals surface area contributed by atoms with Gasteiger partial charge in [0, 0.05) is 11.3 Å². The third kappa shape index (κ3) is 3.81. The van der Waals surface area contributed by atoms with Crippen molar-refractivity contribution in [3.05, 3.63) is 69.4 Å². The summed E-state index contributed by atoms with van der Waals surface area (Å²) < 4.78 is 11.0. The van der Waals surface area contributed by atoms with Gasteiger partial charge in [0.1, 0.15) is 17.3 Å². The molecule has 2 aromatic carbocycles. The first-order valence-corrected chi connectivity index (χ1v) is 8.32. The normalized spacial score (nSPS) is 10.7. The number of nitrogens with one attached hydrogen (secondary N) is 1. The minimum absolute atomic E-state index is 0.509. The van der Waals surface area contributed by atoms with Crippen LogP contribution in [0.15, 0.2) is 52.9 Å². The molecule has 1 N–H and O–H groups in total. The van der Waals surface area contributed by atoms with Crippen molar-refractivity contribution >= 4 is 40.5 Å². The Labute approximate surface area is 155 Å². The van der Waals surface area contributed by atoms with Crippen LogP contribution in [-0.2, 0) is 6.54 Å². The third-order valence-corrected chi connectivity index (χ3v) is 4.52. The molecule has 1 heterocycles. The molecule has 124 valence electrons. The smallest absolute Gasteiger partial charge is 0.137 e. The number of methoxy groups -OCH3 is 1. The summed E-state index contributed by atoms with van der Waals surface area (Å²) in [6, 6.07) is 14.7. The average Bonchev–Trinajstić information content (AvgIpc) is 3.05. The highest BCUT2D eigenvalue weighted by Crippen LogP contribution is 2.31. The van der Waals surface area contributed by atoms with Gasteiger partial charge < -0.3 is 14.5 Å². The molecule has 1 aromatic heterocycles. The Kier molecular flexibility index (Phi) is 5.24. The zero-order chi connectivity index (χ0) is 17.1. The highest BCUT2D eigenvalue weighted by Gasteiger charge is 2.08. The maximum Gasteiger partial charge on any atom is 0.137 e. The molecule has 0 spiro atoms. The molecule has 6 heteroatoms. The summed E-state index contributed by atoms with van der Waals surface area (Å²) in [5.41, 5.74) is 1.76. The van der Waals surface area contributed by atoms with E-state index >= 15 is 0 Å². The molecule has 0 amide bonds. The van der Waals surface area contributed by atoms with Crippen molar-refractivity contribution in [3.8, 4) is 17.1 Å². The van der Waals surface area contributed by atoms with Crippen molar-refractivity contribution in [1.82, 2.24) is 0 Å². The molecule has 0 bridgehead atoms. The van der Waals surface area contributed by atoms with Crippen molar-refractivity contribution in [3.63, 3.8) is 0 Å². The van der Waals surface area contributed by atoms with Gasteiger partial charge in [0.05, 0.1) is 28.7 Å². The SMILES string of the molecule is COc1ccc(-c2ccc(CNc3ccc(Cl)c(Cl)c3)o2)cc1Cl. The molecule has 0 saturated heterocycles. The number of furan rings is 1. The first-order valence-electron chi connectivity index (χ1n) is 7.18. The van der Waals surface area contributed by atoms with Crippen molar-refractivity contribution in [2.45, 2.75) is 6.54 Å². The van der Waals surface area contributed by atoms with Gasteiger partial charge in [-0.2, -0.15) is 0 Å². The molecule has 0 aliphatic heterocycles. The third-order valence-electron chi connectivity index (χ3n) is 3.48. The standard InChI is InChI=1S/C18H14Cl3NO2/c1-23-18-6-2-11(8-16(18)21)17-7-4-13(24-17)10-22-12-3-5-14(19)15(20)9-12/h2-9,22H,10H2,1H3. The minimum atomic E-state index is 0.509. The van der Waals surface area contributed by atoms with Crippen LogP contribution in [0.1, 0.15) is 5.76 Å². The number of benzene rings is 2. The molecule has 3 aromatic rings. The molecule has 24 heavy (non-hydrogen) atoms. The summed E-state index contributed by atoms with van der Waals surface area (Å²) in [4.78, 5) is 0. The number of anilines is 1. The Balaban J connectivity index is 1.71. The van der Waals surface area contributed by atoms with Crippen LogP contribution in [0.25, 0.3) is 11.3 Å². The van der Waals surface area contributed by atoms with E-state index in [-0.39, 0.29) is 0 Å². The van der Waals surface area contributed by atoms with Crippen LogP contribution in [0.2, 0.25) is 15.1 Å². The van der Waals surface area contributed by atoms with Gasteiger partial charge in [-0.15, -0.1) is 0 Å². The zero-order valence-corrected chi connectivity index (χ0v) is 15.0. The fourth-order valence-electron chi connectivity index (χ4n) is 2.24. The van der Waals surface area contributed by atoms with Crippen LogP contribution in [0.5, 0.6) is 5.75 Å². The van der Waals surface area contributed by atoms with Crippen molar-refractivity contribution in [1.29, 1.82) is 0 Å².